The van der Waals surface area contributed by atoms with Gasteiger partial charge in [0.15, 0.2) is 0 Å². The molecule has 1 atom stereocenters. The van der Waals surface area contributed by atoms with Crippen LogP contribution in [0.2, 0.25) is 0 Å². The van der Waals surface area contributed by atoms with Crippen LogP contribution in [-0.4, -0.2) is 23.1 Å². The average molecular weight is 245 g/mol. The number of rotatable bonds is 5. The maximum absolute atomic E-state index is 5.74. The largest absolute Gasteiger partial charge is 0.496 e. The lowest BCUT2D eigenvalue weighted by Crippen LogP contribution is -2.15. The number of nitrogens with zero attached hydrogens (tertiary/aromatic N) is 1. The summed E-state index contributed by atoms with van der Waals surface area (Å²) in [4.78, 5) is 7.69. The number of hydrogen-bond acceptors (Lipinski definition) is 3. The maximum atomic E-state index is 5.74. The Hall–Kier alpha value is -1.81. The number of methoxy groups -OCH3 is 1. The Labute approximate surface area is 107 Å². The number of nitrogens with two attached hydrogens (primary N) is 1. The first-order valence-electron chi connectivity index (χ1n) is 6.13. The van der Waals surface area contributed by atoms with E-state index in [1.54, 1.807) is 7.11 Å². The topological polar surface area (TPSA) is 63.9 Å². The number of hydrogen-bond donors (Lipinski definition) is 2. The molecule has 1 aromatic carbocycles. The van der Waals surface area contributed by atoms with Crippen molar-refractivity contribution in [2.24, 2.45) is 5.73 Å². The molecule has 0 aliphatic heterocycles. The number of aromatic nitrogens is 2. The molecule has 3 N–H and O–H groups in total. The summed E-state index contributed by atoms with van der Waals surface area (Å²) < 4.78 is 5.34. The van der Waals surface area contributed by atoms with Gasteiger partial charge in [-0.05, 0) is 25.5 Å². The summed E-state index contributed by atoms with van der Waals surface area (Å²) >= 11 is 0. The van der Waals surface area contributed by atoms with Gasteiger partial charge in [0, 0.05) is 18.0 Å². The molecule has 0 saturated heterocycles. The molecule has 4 nitrogen and oxygen atoms in total. The molecule has 1 heterocycles. The van der Waals surface area contributed by atoms with Gasteiger partial charge in [-0.1, -0.05) is 12.1 Å². The molecular formula is C14H19N3O. The fourth-order valence-corrected chi connectivity index (χ4v) is 1.86. The molecule has 1 unspecified atom stereocenters. The van der Waals surface area contributed by atoms with Crippen molar-refractivity contribution in [3.05, 3.63) is 36.3 Å². The van der Waals surface area contributed by atoms with E-state index in [0.29, 0.717) is 0 Å². The van der Waals surface area contributed by atoms with E-state index in [-0.39, 0.29) is 6.04 Å². The van der Waals surface area contributed by atoms with E-state index in [9.17, 15) is 0 Å². The molecule has 0 bridgehead atoms. The number of nitrogens with one attached hydrogen (secondary N) is 1. The predicted molar refractivity (Wildman–Crippen MR) is 72.5 cm³/mol. The number of imidazole rings is 1. The van der Waals surface area contributed by atoms with Gasteiger partial charge in [-0.15, -0.1) is 0 Å². The van der Waals surface area contributed by atoms with Crippen LogP contribution in [0.25, 0.3) is 11.3 Å². The van der Waals surface area contributed by atoms with Gasteiger partial charge in [0.2, 0.25) is 0 Å². The van der Waals surface area contributed by atoms with E-state index >= 15 is 0 Å². The Morgan fingerprint density at radius 3 is 2.89 bits per heavy atom. The van der Waals surface area contributed by atoms with Crippen LogP contribution in [0.4, 0.5) is 0 Å². The second kappa shape index (κ2) is 5.69. The maximum Gasteiger partial charge on any atom is 0.128 e. The fraction of sp³-hybridized carbons (Fsp3) is 0.357. The van der Waals surface area contributed by atoms with Gasteiger partial charge in [0.25, 0.3) is 0 Å². The van der Waals surface area contributed by atoms with E-state index in [0.717, 1.165) is 35.7 Å². The Morgan fingerprint density at radius 1 is 1.39 bits per heavy atom. The van der Waals surface area contributed by atoms with Crippen LogP contribution in [0, 0.1) is 0 Å². The molecule has 2 aromatic rings. The minimum atomic E-state index is 0.199. The summed E-state index contributed by atoms with van der Waals surface area (Å²) in [7, 11) is 1.67. The standard InChI is InChI=1S/C14H19N3O/c1-10(15)7-8-14-16-9-12(17-14)11-5-3-4-6-13(11)18-2/h3-6,9-10H,7-8,15H2,1-2H3,(H,16,17). The molecule has 4 heteroatoms. The minimum absolute atomic E-state index is 0.199. The average Bonchev–Trinajstić information content (AvgIpc) is 2.85. The van der Waals surface area contributed by atoms with Gasteiger partial charge >= 0.3 is 0 Å². The summed E-state index contributed by atoms with van der Waals surface area (Å²) in [6, 6.07) is 8.10. The van der Waals surface area contributed by atoms with Crippen molar-refractivity contribution in [1.82, 2.24) is 9.97 Å². The van der Waals surface area contributed by atoms with Crippen molar-refractivity contribution in [3.8, 4) is 17.0 Å². The van der Waals surface area contributed by atoms with E-state index in [1.165, 1.54) is 0 Å². The van der Waals surface area contributed by atoms with Crippen LogP contribution in [0.5, 0.6) is 5.75 Å². The smallest absolute Gasteiger partial charge is 0.128 e. The first-order valence-corrected chi connectivity index (χ1v) is 6.13. The van der Waals surface area contributed by atoms with Gasteiger partial charge < -0.3 is 15.5 Å². The van der Waals surface area contributed by atoms with Crippen LogP contribution in [0.1, 0.15) is 19.2 Å². The lowest BCUT2D eigenvalue weighted by Gasteiger charge is -2.05. The lowest BCUT2D eigenvalue weighted by molar-refractivity contribution is 0.416. The quantitative estimate of drug-likeness (QED) is 0.850. The molecule has 2 rings (SSSR count). The SMILES string of the molecule is COc1ccccc1-c1cnc(CCC(C)N)[nH]1. The van der Waals surface area contributed by atoms with Crippen molar-refractivity contribution in [2.45, 2.75) is 25.8 Å². The molecule has 0 aliphatic carbocycles. The fourth-order valence-electron chi connectivity index (χ4n) is 1.86. The summed E-state index contributed by atoms with van der Waals surface area (Å²) in [5, 5.41) is 0. The van der Waals surface area contributed by atoms with Gasteiger partial charge in [0.1, 0.15) is 11.6 Å². The number of ether oxygens (including phenoxy) is 1. The van der Waals surface area contributed by atoms with Crippen molar-refractivity contribution >= 4 is 0 Å². The third kappa shape index (κ3) is 2.90. The second-order valence-electron chi connectivity index (χ2n) is 4.46. The van der Waals surface area contributed by atoms with Gasteiger partial charge in [-0.25, -0.2) is 4.98 Å². The Bertz CT molecular complexity index is 505. The van der Waals surface area contributed by atoms with E-state index in [4.69, 9.17) is 10.5 Å². The highest BCUT2D eigenvalue weighted by Crippen LogP contribution is 2.28. The Kier molecular flexibility index (Phi) is 3.99. The molecule has 0 spiro atoms. The number of benzene rings is 1. The van der Waals surface area contributed by atoms with Crippen LogP contribution >= 0.6 is 0 Å². The third-order valence-corrected chi connectivity index (χ3v) is 2.86. The van der Waals surface area contributed by atoms with Crippen molar-refractivity contribution in [2.75, 3.05) is 7.11 Å². The molecule has 96 valence electrons. The molecule has 0 saturated carbocycles. The zero-order chi connectivity index (χ0) is 13.0. The predicted octanol–water partition coefficient (Wildman–Crippen LogP) is 2.37. The third-order valence-electron chi connectivity index (χ3n) is 2.86. The van der Waals surface area contributed by atoms with Crippen LogP contribution in [-0.2, 0) is 6.42 Å². The van der Waals surface area contributed by atoms with Crippen LogP contribution < -0.4 is 10.5 Å². The normalized spacial score (nSPS) is 12.4. The van der Waals surface area contributed by atoms with Crippen molar-refractivity contribution in [3.63, 3.8) is 0 Å². The molecule has 18 heavy (non-hydrogen) atoms. The highest BCUT2D eigenvalue weighted by atomic mass is 16.5. The van der Waals surface area contributed by atoms with Gasteiger partial charge in [-0.2, -0.15) is 0 Å². The number of aryl methyl sites for hydroxylation is 1. The van der Waals surface area contributed by atoms with Crippen molar-refractivity contribution in [1.29, 1.82) is 0 Å². The lowest BCUT2D eigenvalue weighted by atomic mass is 10.1. The van der Waals surface area contributed by atoms with Gasteiger partial charge in [0.05, 0.1) is 19.0 Å². The summed E-state index contributed by atoms with van der Waals surface area (Å²) in [6.45, 7) is 2.00. The highest BCUT2D eigenvalue weighted by molar-refractivity contribution is 5.66. The Balaban J connectivity index is 2.18. The molecule has 0 radical (unpaired) electrons. The first kappa shape index (κ1) is 12.6. The first-order chi connectivity index (χ1) is 8.70. The molecule has 1 aromatic heterocycles. The zero-order valence-corrected chi connectivity index (χ0v) is 10.8. The van der Waals surface area contributed by atoms with E-state index in [1.807, 2.05) is 37.4 Å². The van der Waals surface area contributed by atoms with Crippen LogP contribution in [0.15, 0.2) is 30.5 Å². The highest BCUT2D eigenvalue weighted by Gasteiger charge is 2.08. The summed E-state index contributed by atoms with van der Waals surface area (Å²) in [6.07, 6.45) is 3.64. The molecular weight excluding hydrogens is 226 g/mol. The van der Waals surface area contributed by atoms with E-state index < -0.39 is 0 Å². The van der Waals surface area contributed by atoms with E-state index in [2.05, 4.69) is 9.97 Å². The summed E-state index contributed by atoms with van der Waals surface area (Å²) in [5.74, 6) is 1.81. The monoisotopic (exact) mass is 245 g/mol. The van der Waals surface area contributed by atoms with Crippen molar-refractivity contribution < 1.29 is 4.74 Å². The molecule has 0 fully saturated rings. The van der Waals surface area contributed by atoms with Gasteiger partial charge in [-0.3, -0.25) is 0 Å². The minimum Gasteiger partial charge on any atom is -0.496 e. The summed E-state index contributed by atoms with van der Waals surface area (Å²) in [5.41, 5.74) is 7.75. The number of aromatic amines is 1. The molecule has 0 aliphatic rings. The number of para-hydroxylation sites is 1. The molecule has 0 amide bonds. The van der Waals surface area contributed by atoms with Crippen LogP contribution in [0.3, 0.4) is 0 Å². The number of H-pyrrole nitrogens is 1. The Morgan fingerprint density at radius 2 is 2.17 bits per heavy atom. The zero-order valence-electron chi connectivity index (χ0n) is 10.8. The second-order valence-corrected chi connectivity index (χ2v) is 4.46.